The van der Waals surface area contributed by atoms with Crippen molar-refractivity contribution in [3.8, 4) is 11.5 Å². The third-order valence-corrected chi connectivity index (χ3v) is 4.93. The predicted molar refractivity (Wildman–Crippen MR) is 128 cm³/mol. The Balaban J connectivity index is 1.44. The summed E-state index contributed by atoms with van der Waals surface area (Å²) >= 11 is 5.02. The number of rotatable bonds is 7. The lowest BCUT2D eigenvalue weighted by atomic mass is 10.2. The molecule has 2 aromatic rings. The molecule has 0 aromatic heterocycles. The first kappa shape index (κ1) is 23.7. The van der Waals surface area contributed by atoms with Gasteiger partial charge in [-0.1, -0.05) is 6.07 Å². The fourth-order valence-corrected chi connectivity index (χ4v) is 2.95. The maximum atomic E-state index is 12.2. The lowest BCUT2D eigenvalue weighted by Gasteiger charge is -2.10. The maximum Gasteiger partial charge on any atom is 0.269 e. The average Bonchev–Trinajstić information content (AvgIpc) is 3.67. The van der Waals surface area contributed by atoms with Crippen LogP contribution in [0.25, 0.3) is 6.08 Å². The highest BCUT2D eigenvalue weighted by Crippen LogP contribution is 2.30. The number of nitrogens with one attached hydrogen (secondary N) is 4. The number of benzene rings is 2. The average molecular weight is 469 g/mol. The molecule has 0 radical (unpaired) electrons. The molecule has 3 amide bonds. The SMILES string of the molecule is COc1ccc(C=CC(=O)NC(=S)NNC(=O)c2ccc(NC(=O)C3CC3)cc2)cc1OC. The van der Waals surface area contributed by atoms with Gasteiger partial charge in [0.25, 0.3) is 5.91 Å². The van der Waals surface area contributed by atoms with Crippen molar-refractivity contribution in [2.45, 2.75) is 12.8 Å². The van der Waals surface area contributed by atoms with E-state index in [0.717, 1.165) is 18.4 Å². The normalized spacial score (nSPS) is 12.5. The van der Waals surface area contributed by atoms with Crippen molar-refractivity contribution < 1.29 is 23.9 Å². The second-order valence-corrected chi connectivity index (χ2v) is 7.59. The summed E-state index contributed by atoms with van der Waals surface area (Å²) < 4.78 is 10.4. The first-order valence-corrected chi connectivity index (χ1v) is 10.5. The van der Waals surface area contributed by atoms with Crippen LogP contribution in [0.2, 0.25) is 0 Å². The van der Waals surface area contributed by atoms with Gasteiger partial charge in [0.05, 0.1) is 14.2 Å². The van der Waals surface area contributed by atoms with Gasteiger partial charge in [-0.3, -0.25) is 30.6 Å². The molecule has 10 heteroatoms. The van der Waals surface area contributed by atoms with Crippen molar-refractivity contribution in [2.75, 3.05) is 19.5 Å². The molecule has 2 aromatic carbocycles. The highest BCUT2D eigenvalue weighted by atomic mass is 32.1. The number of hydrazine groups is 1. The number of methoxy groups -OCH3 is 2. The second-order valence-electron chi connectivity index (χ2n) is 7.19. The fourth-order valence-electron chi connectivity index (χ4n) is 2.79. The lowest BCUT2D eigenvalue weighted by molar-refractivity contribution is -0.117. The minimum absolute atomic E-state index is 0.00450. The molecule has 0 saturated heterocycles. The molecule has 1 fully saturated rings. The zero-order valence-electron chi connectivity index (χ0n) is 18.1. The maximum absolute atomic E-state index is 12.2. The Labute approximate surface area is 196 Å². The molecule has 4 N–H and O–H groups in total. The number of amides is 3. The van der Waals surface area contributed by atoms with Crippen molar-refractivity contribution in [1.82, 2.24) is 16.2 Å². The predicted octanol–water partition coefficient (Wildman–Crippen LogP) is 2.40. The topological polar surface area (TPSA) is 118 Å². The standard InChI is InChI=1S/C23H24N4O5S/c1-31-18-11-3-14(13-19(18)32-2)4-12-20(28)25-23(33)27-26-22(30)16-7-9-17(10-8-16)24-21(29)15-5-6-15/h3-4,7-13,15H,5-6H2,1-2H3,(H,24,29)(H,26,30)(H2,25,27,28,33). The van der Waals surface area contributed by atoms with Crippen molar-refractivity contribution >= 4 is 46.8 Å². The molecule has 1 aliphatic rings. The zero-order chi connectivity index (χ0) is 23.8. The fraction of sp³-hybridized carbons (Fsp3) is 0.217. The summed E-state index contributed by atoms with van der Waals surface area (Å²) in [7, 11) is 3.07. The number of thiocarbonyl (C=S) groups is 1. The van der Waals surface area contributed by atoms with E-state index in [-0.39, 0.29) is 16.9 Å². The summed E-state index contributed by atoms with van der Waals surface area (Å²) in [5.41, 5.74) is 6.59. The second kappa shape index (κ2) is 11.1. The van der Waals surface area contributed by atoms with Gasteiger partial charge in [0.1, 0.15) is 0 Å². The minimum Gasteiger partial charge on any atom is -0.493 e. The van der Waals surface area contributed by atoms with Gasteiger partial charge in [-0.15, -0.1) is 0 Å². The van der Waals surface area contributed by atoms with E-state index < -0.39 is 11.8 Å². The van der Waals surface area contributed by atoms with E-state index in [2.05, 4.69) is 21.5 Å². The van der Waals surface area contributed by atoms with Gasteiger partial charge in [0.15, 0.2) is 16.6 Å². The lowest BCUT2D eigenvalue weighted by Crippen LogP contribution is -2.48. The van der Waals surface area contributed by atoms with Crippen LogP contribution in [0.5, 0.6) is 11.5 Å². The molecule has 0 atom stereocenters. The van der Waals surface area contributed by atoms with E-state index in [1.807, 2.05) is 0 Å². The Bertz CT molecular complexity index is 1080. The summed E-state index contributed by atoms with van der Waals surface area (Å²) in [6.07, 6.45) is 4.72. The van der Waals surface area contributed by atoms with Crippen molar-refractivity contribution in [1.29, 1.82) is 0 Å². The van der Waals surface area contributed by atoms with E-state index in [1.165, 1.54) is 20.3 Å². The van der Waals surface area contributed by atoms with Crippen LogP contribution < -0.4 is 31.0 Å². The van der Waals surface area contributed by atoms with Gasteiger partial charge >= 0.3 is 0 Å². The first-order valence-electron chi connectivity index (χ1n) is 10.1. The smallest absolute Gasteiger partial charge is 0.269 e. The number of carbonyl (C=O) groups is 3. The first-order chi connectivity index (χ1) is 15.9. The molecular formula is C23H24N4O5S. The van der Waals surface area contributed by atoms with Crippen LogP contribution >= 0.6 is 12.2 Å². The van der Waals surface area contributed by atoms with E-state index in [4.69, 9.17) is 21.7 Å². The van der Waals surface area contributed by atoms with E-state index >= 15 is 0 Å². The molecule has 0 heterocycles. The Morgan fingerprint density at radius 2 is 1.67 bits per heavy atom. The van der Waals surface area contributed by atoms with Gasteiger partial charge in [-0.25, -0.2) is 0 Å². The molecule has 1 aliphatic carbocycles. The molecule has 0 spiro atoms. The van der Waals surface area contributed by atoms with Crippen LogP contribution in [0.3, 0.4) is 0 Å². The van der Waals surface area contributed by atoms with Crippen LogP contribution in [0.4, 0.5) is 5.69 Å². The molecule has 0 aliphatic heterocycles. The third-order valence-electron chi connectivity index (χ3n) is 4.72. The number of hydrogen-bond donors (Lipinski definition) is 4. The molecule has 0 unspecified atom stereocenters. The summed E-state index contributed by atoms with van der Waals surface area (Å²) in [6, 6.07) is 11.7. The molecule has 1 saturated carbocycles. The van der Waals surface area contributed by atoms with Crippen LogP contribution in [0.1, 0.15) is 28.8 Å². The van der Waals surface area contributed by atoms with Gasteiger partial charge < -0.3 is 14.8 Å². The molecule has 9 nitrogen and oxygen atoms in total. The molecule has 33 heavy (non-hydrogen) atoms. The van der Waals surface area contributed by atoms with Crippen molar-refractivity contribution in [3.05, 3.63) is 59.7 Å². The van der Waals surface area contributed by atoms with Crippen molar-refractivity contribution in [2.24, 2.45) is 5.92 Å². The Morgan fingerprint density at radius 3 is 2.30 bits per heavy atom. The number of anilines is 1. The largest absolute Gasteiger partial charge is 0.493 e. The Hall–Kier alpha value is -3.92. The van der Waals surface area contributed by atoms with Crippen LogP contribution in [-0.2, 0) is 9.59 Å². The summed E-state index contributed by atoms with van der Waals surface area (Å²) in [4.78, 5) is 36.1. The molecule has 3 rings (SSSR count). The van der Waals surface area contributed by atoms with Gasteiger partial charge in [-0.2, -0.15) is 0 Å². The molecular weight excluding hydrogens is 444 g/mol. The van der Waals surface area contributed by atoms with Gasteiger partial charge in [0, 0.05) is 23.2 Å². The van der Waals surface area contributed by atoms with Gasteiger partial charge in [0.2, 0.25) is 11.8 Å². The number of hydrogen-bond acceptors (Lipinski definition) is 6. The summed E-state index contributed by atoms with van der Waals surface area (Å²) in [5, 5.41) is 5.16. The highest BCUT2D eigenvalue weighted by molar-refractivity contribution is 7.80. The Kier molecular flexibility index (Phi) is 7.98. The van der Waals surface area contributed by atoms with Crippen molar-refractivity contribution in [3.63, 3.8) is 0 Å². The van der Waals surface area contributed by atoms with E-state index in [0.29, 0.717) is 22.7 Å². The van der Waals surface area contributed by atoms with Crippen LogP contribution in [-0.4, -0.2) is 37.1 Å². The van der Waals surface area contributed by atoms with Crippen LogP contribution in [0, 0.1) is 5.92 Å². The summed E-state index contributed by atoms with van der Waals surface area (Å²) in [5.74, 6) is 0.286. The third kappa shape index (κ3) is 7.04. The number of carbonyl (C=O) groups excluding carboxylic acids is 3. The molecule has 0 bridgehead atoms. The van der Waals surface area contributed by atoms with E-state index in [9.17, 15) is 14.4 Å². The highest BCUT2D eigenvalue weighted by Gasteiger charge is 2.29. The van der Waals surface area contributed by atoms with Gasteiger partial charge in [-0.05, 0) is 73.1 Å². The number of ether oxygens (including phenoxy) is 2. The summed E-state index contributed by atoms with van der Waals surface area (Å²) in [6.45, 7) is 0. The zero-order valence-corrected chi connectivity index (χ0v) is 19.0. The monoisotopic (exact) mass is 468 g/mol. The minimum atomic E-state index is -0.479. The molecule has 172 valence electrons. The van der Waals surface area contributed by atoms with Crippen LogP contribution in [0.15, 0.2) is 48.5 Å². The van der Waals surface area contributed by atoms with E-state index in [1.54, 1.807) is 48.5 Å². The Morgan fingerprint density at radius 1 is 0.970 bits per heavy atom. The quantitative estimate of drug-likeness (QED) is 0.280.